The molecular weight excluding hydrogens is 420 g/mol. The summed E-state index contributed by atoms with van der Waals surface area (Å²) in [6, 6.07) is 22.3. The highest BCUT2D eigenvalue weighted by Gasteiger charge is 2.29. The van der Waals surface area contributed by atoms with E-state index in [1.165, 1.54) is 0 Å². The molecule has 0 saturated carbocycles. The van der Waals surface area contributed by atoms with Crippen molar-refractivity contribution in [2.24, 2.45) is 5.73 Å². The number of rotatable bonds is 8. The predicted octanol–water partition coefficient (Wildman–Crippen LogP) is 2.76. The molecule has 0 saturated heterocycles. The Kier molecular flexibility index (Phi) is 6.84. The standard InChI is InChI=1S/C26H26N2O5/c27-13-23(29)16-9-11-17(12-10-16)25(31)24(30)14-28-26(32)33-15-22-20-7-3-1-5-18(20)19-6-2-4-8-21(19)22/h1-12,22,24-25,30-31H,13-15,27H2,(H,28,32). The molecule has 0 heterocycles. The molecule has 0 bridgehead atoms. The Morgan fingerprint density at radius 1 is 0.909 bits per heavy atom. The number of alkyl carbamates (subject to hydrolysis) is 1. The molecule has 7 heteroatoms. The van der Waals surface area contributed by atoms with E-state index in [1.54, 1.807) is 24.3 Å². The van der Waals surface area contributed by atoms with E-state index in [2.05, 4.69) is 17.4 Å². The first-order valence-corrected chi connectivity index (χ1v) is 10.8. The van der Waals surface area contributed by atoms with Gasteiger partial charge in [0.05, 0.1) is 6.54 Å². The van der Waals surface area contributed by atoms with Crippen molar-refractivity contribution in [2.75, 3.05) is 19.7 Å². The van der Waals surface area contributed by atoms with Gasteiger partial charge in [-0.2, -0.15) is 0 Å². The molecule has 0 spiro atoms. The molecule has 7 nitrogen and oxygen atoms in total. The van der Waals surface area contributed by atoms with Crippen LogP contribution in [0.15, 0.2) is 72.8 Å². The monoisotopic (exact) mass is 446 g/mol. The van der Waals surface area contributed by atoms with E-state index in [0.29, 0.717) is 11.1 Å². The van der Waals surface area contributed by atoms with Crippen molar-refractivity contribution in [3.8, 4) is 11.1 Å². The third-order valence-corrected chi connectivity index (χ3v) is 5.92. The van der Waals surface area contributed by atoms with Gasteiger partial charge in [0.1, 0.15) is 18.8 Å². The van der Waals surface area contributed by atoms with E-state index in [4.69, 9.17) is 10.5 Å². The van der Waals surface area contributed by atoms with Crippen LogP contribution in [0.3, 0.4) is 0 Å². The maximum atomic E-state index is 12.3. The zero-order valence-electron chi connectivity index (χ0n) is 18.0. The summed E-state index contributed by atoms with van der Waals surface area (Å²) in [6.45, 7) is -0.134. The lowest BCUT2D eigenvalue weighted by molar-refractivity contribution is 0.0185. The lowest BCUT2D eigenvalue weighted by Gasteiger charge is -2.19. The fourth-order valence-corrected chi connectivity index (χ4v) is 4.16. The van der Waals surface area contributed by atoms with Gasteiger partial charge in [0.25, 0.3) is 0 Å². The van der Waals surface area contributed by atoms with Gasteiger partial charge in [0, 0.05) is 18.0 Å². The Morgan fingerprint density at radius 3 is 2.06 bits per heavy atom. The van der Waals surface area contributed by atoms with Crippen molar-refractivity contribution < 1.29 is 24.5 Å². The molecular formula is C26H26N2O5. The molecule has 2 unspecified atom stereocenters. The fourth-order valence-electron chi connectivity index (χ4n) is 4.16. The molecule has 170 valence electrons. The number of carbonyl (C=O) groups is 2. The second kappa shape index (κ2) is 9.95. The molecule has 4 rings (SSSR count). The molecule has 5 N–H and O–H groups in total. The third-order valence-electron chi connectivity index (χ3n) is 5.92. The number of fused-ring (bicyclic) bond motifs is 3. The quantitative estimate of drug-likeness (QED) is 0.395. The number of hydrogen-bond acceptors (Lipinski definition) is 6. The molecule has 3 aromatic carbocycles. The summed E-state index contributed by atoms with van der Waals surface area (Å²) in [5, 5.41) is 23.1. The molecule has 33 heavy (non-hydrogen) atoms. The number of amides is 1. The van der Waals surface area contributed by atoms with E-state index < -0.39 is 18.3 Å². The second-order valence-electron chi connectivity index (χ2n) is 7.97. The van der Waals surface area contributed by atoms with Crippen molar-refractivity contribution in [3.63, 3.8) is 0 Å². The molecule has 0 fully saturated rings. The summed E-state index contributed by atoms with van der Waals surface area (Å²) >= 11 is 0. The van der Waals surface area contributed by atoms with E-state index >= 15 is 0 Å². The number of benzene rings is 3. The van der Waals surface area contributed by atoms with Crippen molar-refractivity contribution in [3.05, 3.63) is 95.1 Å². The highest BCUT2D eigenvalue weighted by molar-refractivity contribution is 5.97. The van der Waals surface area contributed by atoms with Crippen LogP contribution in [-0.4, -0.2) is 47.9 Å². The van der Waals surface area contributed by atoms with Gasteiger partial charge in [-0.1, -0.05) is 72.8 Å². The summed E-state index contributed by atoms with van der Waals surface area (Å²) in [6.07, 6.45) is -3.16. The minimum atomic E-state index is -1.25. The molecule has 0 aliphatic heterocycles. The number of carbonyl (C=O) groups excluding carboxylic acids is 2. The zero-order valence-corrected chi connectivity index (χ0v) is 18.0. The van der Waals surface area contributed by atoms with Crippen molar-refractivity contribution in [1.82, 2.24) is 5.32 Å². The largest absolute Gasteiger partial charge is 0.449 e. The summed E-state index contributed by atoms with van der Waals surface area (Å²) in [4.78, 5) is 23.9. The Bertz CT molecular complexity index is 1100. The lowest BCUT2D eigenvalue weighted by Crippen LogP contribution is -2.36. The van der Waals surface area contributed by atoms with E-state index in [1.807, 2.05) is 36.4 Å². The van der Waals surface area contributed by atoms with Gasteiger partial charge in [-0.25, -0.2) is 4.79 Å². The van der Waals surface area contributed by atoms with Crippen LogP contribution in [0.1, 0.15) is 39.1 Å². The minimum Gasteiger partial charge on any atom is -0.449 e. The highest BCUT2D eigenvalue weighted by atomic mass is 16.5. The molecule has 2 atom stereocenters. The van der Waals surface area contributed by atoms with Crippen LogP contribution in [-0.2, 0) is 4.74 Å². The summed E-state index contributed by atoms with van der Waals surface area (Å²) in [5.74, 6) is -0.276. The predicted molar refractivity (Wildman–Crippen MR) is 124 cm³/mol. The van der Waals surface area contributed by atoms with Crippen LogP contribution in [0.5, 0.6) is 0 Å². The van der Waals surface area contributed by atoms with Crippen molar-refractivity contribution in [1.29, 1.82) is 0 Å². The van der Waals surface area contributed by atoms with Gasteiger partial charge in [0.15, 0.2) is 5.78 Å². The number of nitrogens with two attached hydrogens (primary N) is 1. The average molecular weight is 447 g/mol. The number of hydrogen-bond donors (Lipinski definition) is 4. The van der Waals surface area contributed by atoms with E-state index in [9.17, 15) is 19.8 Å². The van der Waals surface area contributed by atoms with Crippen LogP contribution < -0.4 is 11.1 Å². The lowest BCUT2D eigenvalue weighted by atomic mass is 9.98. The van der Waals surface area contributed by atoms with Gasteiger partial charge < -0.3 is 26.0 Å². The molecule has 1 aliphatic carbocycles. The normalized spacial score (nSPS) is 14.2. The Hall–Kier alpha value is -3.52. The van der Waals surface area contributed by atoms with Crippen LogP contribution in [0.2, 0.25) is 0 Å². The summed E-state index contributed by atoms with van der Waals surface area (Å²) in [7, 11) is 0. The first-order chi connectivity index (χ1) is 16.0. The number of ketones is 1. The van der Waals surface area contributed by atoms with Gasteiger partial charge in [-0.15, -0.1) is 0 Å². The van der Waals surface area contributed by atoms with Gasteiger partial charge in [-0.05, 0) is 27.8 Å². The molecule has 0 aromatic heterocycles. The molecule has 1 amide bonds. The number of aliphatic hydroxyl groups excluding tert-OH is 2. The minimum absolute atomic E-state index is 0.0617. The average Bonchev–Trinajstić information content (AvgIpc) is 3.18. The SMILES string of the molecule is NCC(=O)c1ccc(C(O)C(O)CNC(=O)OCC2c3ccccc3-c3ccccc32)cc1. The van der Waals surface area contributed by atoms with E-state index in [-0.39, 0.29) is 31.4 Å². The van der Waals surface area contributed by atoms with Crippen LogP contribution in [0.4, 0.5) is 4.79 Å². The van der Waals surface area contributed by atoms with Crippen LogP contribution in [0, 0.1) is 0 Å². The second-order valence-corrected chi connectivity index (χ2v) is 7.97. The number of Topliss-reactive ketones (excluding diaryl/α,β-unsaturated/α-hetero) is 1. The van der Waals surface area contributed by atoms with Gasteiger partial charge in [-0.3, -0.25) is 4.79 Å². The number of ether oxygens (including phenoxy) is 1. The molecule has 1 aliphatic rings. The highest BCUT2D eigenvalue weighted by Crippen LogP contribution is 2.44. The first kappa shape index (κ1) is 22.7. The van der Waals surface area contributed by atoms with Gasteiger partial charge in [0.2, 0.25) is 0 Å². The van der Waals surface area contributed by atoms with Gasteiger partial charge >= 0.3 is 6.09 Å². The third kappa shape index (κ3) is 4.80. The first-order valence-electron chi connectivity index (χ1n) is 10.8. The molecule has 0 radical (unpaired) electrons. The molecule has 3 aromatic rings. The Morgan fingerprint density at radius 2 is 1.48 bits per heavy atom. The number of aliphatic hydroxyl groups is 2. The maximum absolute atomic E-state index is 12.3. The van der Waals surface area contributed by atoms with Crippen LogP contribution in [0.25, 0.3) is 11.1 Å². The topological polar surface area (TPSA) is 122 Å². The maximum Gasteiger partial charge on any atom is 0.407 e. The van der Waals surface area contributed by atoms with Crippen molar-refractivity contribution >= 4 is 11.9 Å². The Labute approximate surface area is 191 Å². The Balaban J connectivity index is 1.31. The van der Waals surface area contributed by atoms with Crippen LogP contribution >= 0.6 is 0 Å². The summed E-state index contributed by atoms with van der Waals surface area (Å²) < 4.78 is 5.44. The number of nitrogens with one attached hydrogen (secondary N) is 1. The van der Waals surface area contributed by atoms with E-state index in [0.717, 1.165) is 22.3 Å². The zero-order chi connectivity index (χ0) is 23.4. The van der Waals surface area contributed by atoms with Crippen molar-refractivity contribution in [2.45, 2.75) is 18.1 Å². The fraction of sp³-hybridized carbons (Fsp3) is 0.231. The summed E-state index contributed by atoms with van der Waals surface area (Å²) in [5.41, 5.74) is 10.7. The smallest absolute Gasteiger partial charge is 0.407 e.